The molecule has 1 nitrogen and oxygen atoms in total. The molecule has 0 aliphatic heterocycles. The first-order chi connectivity index (χ1) is 5.75. The number of benzene rings is 1. The molecule has 1 N–H and O–H groups in total. The van der Waals surface area contributed by atoms with Gasteiger partial charge in [0.05, 0.1) is 6.10 Å². The first-order valence-electron chi connectivity index (χ1n) is 4.11. The first kappa shape index (κ1) is 9.01. The van der Waals surface area contributed by atoms with E-state index in [1.54, 1.807) is 6.08 Å². The molecule has 0 saturated heterocycles. The van der Waals surface area contributed by atoms with Crippen LogP contribution in [0.25, 0.3) is 0 Å². The van der Waals surface area contributed by atoms with Crippen molar-refractivity contribution in [3.05, 3.63) is 48.6 Å². The molecule has 64 valence electrons. The lowest BCUT2D eigenvalue weighted by molar-refractivity contribution is 0.197. The Morgan fingerprint density at radius 1 is 1.33 bits per heavy atom. The molecule has 0 heterocycles. The summed E-state index contributed by atoms with van der Waals surface area (Å²) in [6.45, 7) is 5.54. The van der Waals surface area contributed by atoms with Crippen LogP contribution in [0.5, 0.6) is 0 Å². The van der Waals surface area contributed by atoms with Gasteiger partial charge in [0.2, 0.25) is 0 Å². The van der Waals surface area contributed by atoms with E-state index < -0.39 is 6.10 Å². The molecule has 0 aliphatic rings. The van der Waals surface area contributed by atoms with Crippen molar-refractivity contribution in [1.29, 1.82) is 0 Å². The topological polar surface area (TPSA) is 20.2 Å². The smallest absolute Gasteiger partial charge is 0.0784 e. The predicted molar refractivity (Wildman–Crippen MR) is 51.1 cm³/mol. The lowest BCUT2D eigenvalue weighted by Crippen LogP contribution is -2.11. The molecule has 0 aromatic heterocycles. The van der Waals surface area contributed by atoms with E-state index in [9.17, 15) is 5.11 Å². The Labute approximate surface area is 73.4 Å². The molecule has 0 fully saturated rings. The molecule has 0 radical (unpaired) electrons. The average Bonchev–Trinajstić information content (AvgIpc) is 2.17. The highest BCUT2D eigenvalue weighted by Gasteiger charge is 2.11. The van der Waals surface area contributed by atoms with Crippen LogP contribution in [0, 0.1) is 0 Å². The van der Waals surface area contributed by atoms with Crippen molar-refractivity contribution in [2.24, 2.45) is 0 Å². The summed E-state index contributed by atoms with van der Waals surface area (Å²) in [6.07, 6.45) is 1.12. The van der Waals surface area contributed by atoms with Crippen molar-refractivity contribution in [3.8, 4) is 0 Å². The summed E-state index contributed by atoms with van der Waals surface area (Å²) < 4.78 is 0. The zero-order chi connectivity index (χ0) is 8.97. The van der Waals surface area contributed by atoms with E-state index in [1.807, 2.05) is 37.3 Å². The molecule has 0 amide bonds. The molecule has 12 heavy (non-hydrogen) atoms. The zero-order valence-corrected chi connectivity index (χ0v) is 7.27. The molecule has 1 aromatic carbocycles. The maximum Gasteiger partial charge on any atom is 0.0784 e. The van der Waals surface area contributed by atoms with Gasteiger partial charge in [-0.25, -0.2) is 0 Å². The summed E-state index contributed by atoms with van der Waals surface area (Å²) in [5.41, 5.74) is 1.14. The molecular weight excluding hydrogens is 148 g/mol. The average molecular weight is 162 g/mol. The Balaban J connectivity index is 2.78. The molecule has 2 atom stereocenters. The first-order valence-corrected chi connectivity index (χ1v) is 4.11. The highest BCUT2D eigenvalue weighted by Crippen LogP contribution is 2.18. The molecular formula is C11H14O. The second kappa shape index (κ2) is 4.07. The SMILES string of the molecule is C=C[C@H](O)[C@H](C)c1ccccc1. The minimum Gasteiger partial charge on any atom is -0.388 e. The van der Waals surface area contributed by atoms with Crippen molar-refractivity contribution < 1.29 is 5.11 Å². The quantitative estimate of drug-likeness (QED) is 0.676. The fraction of sp³-hybridized carbons (Fsp3) is 0.273. The fourth-order valence-electron chi connectivity index (χ4n) is 1.16. The highest BCUT2D eigenvalue weighted by molar-refractivity contribution is 5.20. The van der Waals surface area contributed by atoms with E-state index in [2.05, 4.69) is 6.58 Å². The van der Waals surface area contributed by atoms with Gasteiger partial charge in [0, 0.05) is 5.92 Å². The summed E-state index contributed by atoms with van der Waals surface area (Å²) in [5.74, 6) is 0.128. The van der Waals surface area contributed by atoms with E-state index >= 15 is 0 Å². The van der Waals surface area contributed by atoms with Crippen molar-refractivity contribution in [2.75, 3.05) is 0 Å². The normalized spacial score (nSPS) is 15.2. The van der Waals surface area contributed by atoms with E-state index in [1.165, 1.54) is 0 Å². The highest BCUT2D eigenvalue weighted by atomic mass is 16.3. The third kappa shape index (κ3) is 1.95. The minimum atomic E-state index is -0.451. The van der Waals surface area contributed by atoms with Gasteiger partial charge >= 0.3 is 0 Å². The van der Waals surface area contributed by atoms with Crippen LogP contribution in [-0.4, -0.2) is 11.2 Å². The van der Waals surface area contributed by atoms with E-state index in [0.717, 1.165) is 5.56 Å². The Hall–Kier alpha value is -1.08. The molecule has 0 unspecified atom stereocenters. The summed E-state index contributed by atoms with van der Waals surface area (Å²) in [6, 6.07) is 9.94. The number of hydrogen-bond acceptors (Lipinski definition) is 1. The van der Waals surface area contributed by atoms with Crippen LogP contribution in [0.4, 0.5) is 0 Å². The monoisotopic (exact) mass is 162 g/mol. The van der Waals surface area contributed by atoms with E-state index in [4.69, 9.17) is 0 Å². The van der Waals surface area contributed by atoms with Crippen LogP contribution < -0.4 is 0 Å². The van der Waals surface area contributed by atoms with Crippen molar-refractivity contribution in [1.82, 2.24) is 0 Å². The van der Waals surface area contributed by atoms with Crippen LogP contribution in [0.3, 0.4) is 0 Å². The predicted octanol–water partition coefficient (Wildman–Crippen LogP) is 2.34. The molecule has 0 aliphatic carbocycles. The third-order valence-electron chi connectivity index (χ3n) is 2.08. The minimum absolute atomic E-state index is 0.128. The van der Waals surface area contributed by atoms with Crippen LogP contribution in [0.1, 0.15) is 18.4 Å². The van der Waals surface area contributed by atoms with Gasteiger partial charge < -0.3 is 5.11 Å². The summed E-state index contributed by atoms with van der Waals surface area (Å²) in [4.78, 5) is 0. The molecule has 1 rings (SSSR count). The maximum atomic E-state index is 9.46. The van der Waals surface area contributed by atoms with Gasteiger partial charge in [0.1, 0.15) is 0 Å². The van der Waals surface area contributed by atoms with Gasteiger partial charge in [-0.3, -0.25) is 0 Å². The Morgan fingerprint density at radius 3 is 2.42 bits per heavy atom. The largest absolute Gasteiger partial charge is 0.388 e. The molecule has 1 aromatic rings. The second-order valence-electron chi connectivity index (χ2n) is 2.93. The van der Waals surface area contributed by atoms with Gasteiger partial charge in [-0.15, -0.1) is 6.58 Å². The van der Waals surface area contributed by atoms with Gasteiger partial charge in [0.25, 0.3) is 0 Å². The van der Waals surface area contributed by atoms with E-state index in [-0.39, 0.29) is 5.92 Å². The Bertz CT molecular complexity index is 240. The molecule has 0 saturated carbocycles. The zero-order valence-electron chi connectivity index (χ0n) is 7.27. The van der Waals surface area contributed by atoms with Crippen LogP contribution in [0.15, 0.2) is 43.0 Å². The van der Waals surface area contributed by atoms with Crippen LogP contribution >= 0.6 is 0 Å². The van der Waals surface area contributed by atoms with Crippen molar-refractivity contribution >= 4 is 0 Å². The lowest BCUT2D eigenvalue weighted by atomic mass is 9.96. The molecule has 0 bridgehead atoms. The van der Waals surface area contributed by atoms with Gasteiger partial charge in [-0.05, 0) is 5.56 Å². The summed E-state index contributed by atoms with van der Waals surface area (Å²) in [7, 11) is 0. The Morgan fingerprint density at radius 2 is 1.92 bits per heavy atom. The fourth-order valence-corrected chi connectivity index (χ4v) is 1.16. The maximum absolute atomic E-state index is 9.46. The second-order valence-corrected chi connectivity index (χ2v) is 2.93. The van der Waals surface area contributed by atoms with Crippen molar-refractivity contribution in [3.63, 3.8) is 0 Å². The van der Waals surface area contributed by atoms with Gasteiger partial charge in [-0.1, -0.05) is 43.3 Å². The molecule has 0 spiro atoms. The van der Waals surface area contributed by atoms with Crippen LogP contribution in [0.2, 0.25) is 0 Å². The number of aliphatic hydroxyl groups is 1. The van der Waals surface area contributed by atoms with Crippen molar-refractivity contribution in [2.45, 2.75) is 18.9 Å². The molecule has 1 heteroatoms. The summed E-state index contributed by atoms with van der Waals surface area (Å²) in [5, 5.41) is 9.46. The van der Waals surface area contributed by atoms with Crippen LogP contribution in [-0.2, 0) is 0 Å². The standard InChI is InChI=1S/C11H14O/c1-3-11(12)9(2)10-7-5-4-6-8-10/h3-9,11-12H,1H2,2H3/t9-,11+/m1/s1. The number of hydrogen-bond donors (Lipinski definition) is 1. The van der Waals surface area contributed by atoms with E-state index in [0.29, 0.717) is 0 Å². The third-order valence-corrected chi connectivity index (χ3v) is 2.08. The number of rotatable bonds is 3. The number of aliphatic hydroxyl groups excluding tert-OH is 1. The Kier molecular flexibility index (Phi) is 3.06. The summed E-state index contributed by atoms with van der Waals surface area (Å²) >= 11 is 0. The van der Waals surface area contributed by atoms with Gasteiger partial charge in [0.15, 0.2) is 0 Å². The lowest BCUT2D eigenvalue weighted by Gasteiger charge is -2.14. The van der Waals surface area contributed by atoms with Gasteiger partial charge in [-0.2, -0.15) is 0 Å².